The molecule has 0 aromatic heterocycles. The summed E-state index contributed by atoms with van der Waals surface area (Å²) >= 11 is 0. The fourth-order valence-electron chi connectivity index (χ4n) is 2.80. The van der Waals surface area contributed by atoms with Gasteiger partial charge < -0.3 is 5.32 Å². The summed E-state index contributed by atoms with van der Waals surface area (Å²) in [6, 6.07) is 12.1. The summed E-state index contributed by atoms with van der Waals surface area (Å²) in [5.41, 5.74) is 3.22. The topological polar surface area (TPSA) is 75.3 Å². The van der Waals surface area contributed by atoms with Crippen molar-refractivity contribution in [3.63, 3.8) is 0 Å². The molecule has 0 spiro atoms. The standard InChI is InChI=1S/C19H22N2O3S/c1-19(2,3)14-5-8-16(9-6-14)25(23,24)21-15-7-10-17-13(12-15)4-11-18(22)20-17/h5-10,12,21H,4,11H2,1-3H3,(H,20,22). The Morgan fingerprint density at radius 3 is 2.32 bits per heavy atom. The maximum atomic E-state index is 12.6. The minimum atomic E-state index is -3.65. The molecule has 0 saturated heterocycles. The number of hydrogen-bond donors (Lipinski definition) is 2. The molecule has 6 heteroatoms. The van der Waals surface area contributed by atoms with Gasteiger partial charge in [0, 0.05) is 17.8 Å². The zero-order valence-corrected chi connectivity index (χ0v) is 15.4. The van der Waals surface area contributed by atoms with Crippen molar-refractivity contribution < 1.29 is 13.2 Å². The van der Waals surface area contributed by atoms with Crippen LogP contribution in [-0.2, 0) is 26.7 Å². The second kappa shape index (κ2) is 6.19. The predicted octanol–water partition coefficient (Wildman–Crippen LogP) is 3.67. The third kappa shape index (κ3) is 3.85. The molecule has 2 aromatic carbocycles. The number of carbonyl (C=O) groups is 1. The van der Waals surface area contributed by atoms with E-state index in [1.807, 2.05) is 12.1 Å². The Balaban J connectivity index is 1.83. The Labute approximate surface area is 148 Å². The molecule has 1 amide bonds. The lowest BCUT2D eigenvalue weighted by Crippen LogP contribution is -2.19. The third-order valence-electron chi connectivity index (χ3n) is 4.28. The lowest BCUT2D eigenvalue weighted by Gasteiger charge is -2.20. The Morgan fingerprint density at radius 2 is 1.68 bits per heavy atom. The number of hydrogen-bond acceptors (Lipinski definition) is 3. The first kappa shape index (κ1) is 17.5. The van der Waals surface area contributed by atoms with Gasteiger partial charge in [0.15, 0.2) is 0 Å². The van der Waals surface area contributed by atoms with E-state index in [9.17, 15) is 13.2 Å². The van der Waals surface area contributed by atoms with Gasteiger partial charge in [0.2, 0.25) is 5.91 Å². The van der Waals surface area contributed by atoms with E-state index >= 15 is 0 Å². The molecule has 0 unspecified atom stereocenters. The Bertz CT molecular complexity index is 911. The van der Waals surface area contributed by atoms with Crippen LogP contribution >= 0.6 is 0 Å². The number of carbonyl (C=O) groups excluding carboxylic acids is 1. The lowest BCUT2D eigenvalue weighted by atomic mass is 9.87. The number of rotatable bonds is 3. The van der Waals surface area contributed by atoms with Gasteiger partial charge in [0.05, 0.1) is 4.90 Å². The summed E-state index contributed by atoms with van der Waals surface area (Å²) in [4.78, 5) is 11.6. The second-order valence-electron chi connectivity index (χ2n) is 7.30. The predicted molar refractivity (Wildman–Crippen MR) is 99.3 cm³/mol. The number of aryl methyl sites for hydroxylation is 1. The molecule has 0 aliphatic carbocycles. The molecule has 0 saturated carbocycles. The van der Waals surface area contributed by atoms with Gasteiger partial charge in [0.25, 0.3) is 10.0 Å². The van der Waals surface area contributed by atoms with Crippen LogP contribution in [-0.4, -0.2) is 14.3 Å². The fraction of sp³-hybridized carbons (Fsp3) is 0.316. The van der Waals surface area contributed by atoms with Crippen LogP contribution in [0.25, 0.3) is 0 Å². The number of sulfonamides is 1. The van der Waals surface area contributed by atoms with E-state index in [4.69, 9.17) is 0 Å². The summed E-state index contributed by atoms with van der Waals surface area (Å²) in [6.07, 6.45) is 1.02. The minimum Gasteiger partial charge on any atom is -0.326 e. The van der Waals surface area contributed by atoms with Gasteiger partial charge in [-0.25, -0.2) is 8.42 Å². The van der Waals surface area contributed by atoms with Crippen molar-refractivity contribution in [2.45, 2.75) is 43.9 Å². The van der Waals surface area contributed by atoms with Gasteiger partial charge in [-0.1, -0.05) is 32.9 Å². The molecule has 0 radical (unpaired) electrons. The van der Waals surface area contributed by atoms with Crippen LogP contribution in [0.15, 0.2) is 47.4 Å². The lowest BCUT2D eigenvalue weighted by molar-refractivity contribution is -0.116. The van der Waals surface area contributed by atoms with Crippen molar-refractivity contribution in [2.75, 3.05) is 10.0 Å². The average Bonchev–Trinajstić information content (AvgIpc) is 2.54. The maximum absolute atomic E-state index is 12.6. The maximum Gasteiger partial charge on any atom is 0.261 e. The van der Waals surface area contributed by atoms with Crippen molar-refractivity contribution in [2.24, 2.45) is 0 Å². The van der Waals surface area contributed by atoms with Gasteiger partial charge >= 0.3 is 0 Å². The van der Waals surface area contributed by atoms with E-state index in [1.54, 1.807) is 30.3 Å². The highest BCUT2D eigenvalue weighted by atomic mass is 32.2. The average molecular weight is 358 g/mol. The second-order valence-corrected chi connectivity index (χ2v) is 8.98. The molecule has 0 bridgehead atoms. The van der Waals surface area contributed by atoms with Crippen LogP contribution in [0.1, 0.15) is 38.3 Å². The number of benzene rings is 2. The number of amides is 1. The Hall–Kier alpha value is -2.34. The Morgan fingerprint density at radius 1 is 1.00 bits per heavy atom. The first-order valence-electron chi connectivity index (χ1n) is 8.21. The van der Waals surface area contributed by atoms with Gasteiger partial charge in [-0.3, -0.25) is 9.52 Å². The van der Waals surface area contributed by atoms with E-state index in [-0.39, 0.29) is 16.2 Å². The normalized spacial score (nSPS) is 14.6. The molecule has 5 nitrogen and oxygen atoms in total. The van der Waals surface area contributed by atoms with Crippen molar-refractivity contribution >= 4 is 27.3 Å². The van der Waals surface area contributed by atoms with Crippen molar-refractivity contribution in [3.8, 4) is 0 Å². The van der Waals surface area contributed by atoms with Crippen LogP contribution in [0.2, 0.25) is 0 Å². The number of nitrogens with one attached hydrogen (secondary N) is 2. The van der Waals surface area contributed by atoms with E-state index in [0.29, 0.717) is 18.5 Å². The summed E-state index contributed by atoms with van der Waals surface area (Å²) in [7, 11) is -3.65. The summed E-state index contributed by atoms with van der Waals surface area (Å²) in [5.74, 6) is -0.0141. The monoisotopic (exact) mass is 358 g/mol. The molecule has 1 aliphatic heterocycles. The van der Waals surface area contributed by atoms with Gasteiger partial charge in [-0.15, -0.1) is 0 Å². The zero-order chi connectivity index (χ0) is 18.2. The quantitative estimate of drug-likeness (QED) is 0.879. The zero-order valence-electron chi connectivity index (χ0n) is 14.6. The van der Waals surface area contributed by atoms with Crippen molar-refractivity contribution in [1.29, 1.82) is 0 Å². The molecule has 3 rings (SSSR count). The first-order chi connectivity index (χ1) is 11.6. The summed E-state index contributed by atoms with van der Waals surface area (Å²) in [6.45, 7) is 6.25. The largest absolute Gasteiger partial charge is 0.326 e. The highest BCUT2D eigenvalue weighted by molar-refractivity contribution is 7.92. The van der Waals surface area contributed by atoms with E-state index in [1.165, 1.54) is 0 Å². The van der Waals surface area contributed by atoms with Gasteiger partial charge in [-0.2, -0.15) is 0 Å². The highest BCUT2D eigenvalue weighted by Gasteiger charge is 2.19. The molecule has 2 aromatic rings. The van der Waals surface area contributed by atoms with Crippen LogP contribution in [0.3, 0.4) is 0 Å². The summed E-state index contributed by atoms with van der Waals surface area (Å²) < 4.78 is 27.8. The molecule has 1 aliphatic rings. The molecular formula is C19H22N2O3S. The van der Waals surface area contributed by atoms with E-state index in [2.05, 4.69) is 30.8 Å². The number of fused-ring (bicyclic) bond motifs is 1. The van der Waals surface area contributed by atoms with Crippen LogP contribution in [0.4, 0.5) is 11.4 Å². The van der Waals surface area contributed by atoms with Crippen LogP contribution in [0, 0.1) is 0 Å². The van der Waals surface area contributed by atoms with Crippen molar-refractivity contribution in [3.05, 3.63) is 53.6 Å². The minimum absolute atomic E-state index is 0.0141. The van der Waals surface area contributed by atoms with E-state index < -0.39 is 10.0 Å². The molecule has 1 heterocycles. The van der Waals surface area contributed by atoms with E-state index in [0.717, 1.165) is 16.8 Å². The SMILES string of the molecule is CC(C)(C)c1ccc(S(=O)(=O)Nc2ccc3c(c2)CCC(=O)N3)cc1. The van der Waals surface area contributed by atoms with Crippen molar-refractivity contribution in [1.82, 2.24) is 0 Å². The molecule has 25 heavy (non-hydrogen) atoms. The molecule has 2 N–H and O–H groups in total. The fourth-order valence-corrected chi connectivity index (χ4v) is 3.84. The number of anilines is 2. The summed E-state index contributed by atoms with van der Waals surface area (Å²) in [5, 5.41) is 2.79. The highest BCUT2D eigenvalue weighted by Crippen LogP contribution is 2.28. The van der Waals surface area contributed by atoms with Crippen LogP contribution in [0.5, 0.6) is 0 Å². The molecule has 0 fully saturated rings. The van der Waals surface area contributed by atoms with Crippen LogP contribution < -0.4 is 10.0 Å². The molecule has 0 atom stereocenters. The van der Waals surface area contributed by atoms with Gasteiger partial charge in [0.1, 0.15) is 0 Å². The van der Waals surface area contributed by atoms with Gasteiger partial charge in [-0.05, 0) is 53.3 Å². The molecular weight excluding hydrogens is 336 g/mol. The first-order valence-corrected chi connectivity index (χ1v) is 9.70. The third-order valence-corrected chi connectivity index (χ3v) is 5.68. The smallest absolute Gasteiger partial charge is 0.261 e. The molecule has 132 valence electrons. The Kier molecular flexibility index (Phi) is 4.33.